The fraction of sp³-hybridized carbons (Fsp3) is 0.0769. The first kappa shape index (κ1) is 16.5. The van der Waals surface area contributed by atoms with Crippen LogP contribution in [-0.4, -0.2) is 0 Å². The molecule has 0 N–H and O–H groups in total. The summed E-state index contributed by atoms with van der Waals surface area (Å²) in [6.07, 6.45) is 0. The number of benzene rings is 4. The summed E-state index contributed by atoms with van der Waals surface area (Å²) in [4.78, 5) is 1.23. The second kappa shape index (κ2) is 6.01. The second-order valence-electron chi connectivity index (χ2n) is 7.43. The minimum Gasteiger partial charge on any atom is -0.105 e. The normalized spacial score (nSPS) is 21.0. The van der Waals surface area contributed by atoms with Gasteiger partial charge in [0.25, 0.3) is 0 Å². The summed E-state index contributed by atoms with van der Waals surface area (Å²) >= 11 is 8.09. The van der Waals surface area contributed by atoms with E-state index in [9.17, 15) is 0 Å². The lowest BCUT2D eigenvalue weighted by molar-refractivity contribution is 0.713. The Morgan fingerprint density at radius 1 is 0.571 bits per heavy atom. The fourth-order valence-electron chi connectivity index (χ4n) is 4.99. The Morgan fingerprint density at radius 2 is 1.00 bits per heavy atom. The van der Waals surface area contributed by atoms with Crippen molar-refractivity contribution in [1.82, 2.24) is 0 Å². The molecule has 134 valence electrons. The van der Waals surface area contributed by atoms with Gasteiger partial charge in [-0.2, -0.15) is 0 Å². The predicted octanol–water partition coefficient (Wildman–Crippen LogP) is 7.23. The maximum Gasteiger partial charge on any atom is 0.0963 e. The average Bonchev–Trinajstić information content (AvgIpc) is 2.76. The zero-order valence-electron chi connectivity index (χ0n) is 15.1. The molecule has 0 nitrogen and oxygen atoms in total. The highest BCUT2D eigenvalue weighted by Gasteiger charge is 2.52. The molecule has 4 aromatic rings. The number of halogens is 1. The maximum absolute atomic E-state index is 6.16. The van der Waals surface area contributed by atoms with Gasteiger partial charge in [0.1, 0.15) is 0 Å². The van der Waals surface area contributed by atoms with E-state index in [0.717, 1.165) is 5.02 Å². The van der Waals surface area contributed by atoms with Gasteiger partial charge in [-0.05, 0) is 57.6 Å². The highest BCUT2D eigenvalue weighted by molar-refractivity contribution is 8.00. The van der Waals surface area contributed by atoms with Crippen LogP contribution < -0.4 is 0 Å². The molecule has 0 aliphatic heterocycles. The van der Waals surface area contributed by atoms with Gasteiger partial charge in [-0.3, -0.25) is 0 Å². The van der Waals surface area contributed by atoms with E-state index in [1.807, 2.05) is 23.9 Å². The van der Waals surface area contributed by atoms with Gasteiger partial charge in [-0.15, -0.1) is 11.8 Å². The van der Waals surface area contributed by atoms with E-state index in [-0.39, 0.29) is 4.75 Å². The van der Waals surface area contributed by atoms with Crippen molar-refractivity contribution in [1.29, 1.82) is 0 Å². The Kier molecular flexibility index (Phi) is 3.53. The fourth-order valence-corrected chi connectivity index (χ4v) is 6.63. The number of hydrogen-bond acceptors (Lipinski definition) is 1. The zero-order chi connectivity index (χ0) is 18.7. The Balaban J connectivity index is 1.71. The molecule has 2 bridgehead atoms. The minimum atomic E-state index is -0.244. The molecule has 4 aromatic carbocycles. The van der Waals surface area contributed by atoms with Crippen molar-refractivity contribution in [2.24, 2.45) is 0 Å². The zero-order valence-corrected chi connectivity index (χ0v) is 16.7. The van der Waals surface area contributed by atoms with Crippen molar-refractivity contribution in [3.05, 3.63) is 135 Å². The number of thioether (sulfide) groups is 1. The standard InChI is InChI=1S/C26H17ClS/c27-17-13-15-18(16-14-17)28-26-22-10-4-1-7-19(22)25(20-8-2-5-11-23(20)26)21-9-3-6-12-24(21)26/h1-16,25H. The van der Waals surface area contributed by atoms with Crippen molar-refractivity contribution in [2.75, 3.05) is 0 Å². The summed E-state index contributed by atoms with van der Waals surface area (Å²) in [5.41, 5.74) is 8.54. The van der Waals surface area contributed by atoms with E-state index in [1.165, 1.54) is 38.3 Å². The monoisotopic (exact) mass is 396 g/mol. The molecule has 0 heterocycles. The molecule has 0 aromatic heterocycles. The van der Waals surface area contributed by atoms with Gasteiger partial charge in [0, 0.05) is 15.8 Å². The van der Waals surface area contributed by atoms with Crippen LogP contribution in [0.1, 0.15) is 39.3 Å². The van der Waals surface area contributed by atoms with E-state index in [1.54, 1.807) is 0 Å². The molecular formula is C26H17ClS. The van der Waals surface area contributed by atoms with Crippen molar-refractivity contribution in [3.8, 4) is 0 Å². The highest BCUT2D eigenvalue weighted by atomic mass is 35.5. The third-order valence-corrected chi connectivity index (χ3v) is 7.76. The molecule has 0 amide bonds. The van der Waals surface area contributed by atoms with Crippen molar-refractivity contribution < 1.29 is 0 Å². The lowest BCUT2D eigenvalue weighted by Gasteiger charge is -2.50. The first-order valence-corrected chi connectivity index (χ1v) is 10.7. The molecule has 0 fully saturated rings. The third-order valence-electron chi connectivity index (χ3n) is 6.04. The summed E-state index contributed by atoms with van der Waals surface area (Å²) in [7, 11) is 0. The van der Waals surface area contributed by atoms with E-state index >= 15 is 0 Å². The average molecular weight is 397 g/mol. The molecule has 7 rings (SSSR count). The number of rotatable bonds is 2. The van der Waals surface area contributed by atoms with Gasteiger partial charge in [0.2, 0.25) is 0 Å². The molecule has 0 spiro atoms. The van der Waals surface area contributed by atoms with Gasteiger partial charge in [0.05, 0.1) is 4.75 Å². The van der Waals surface area contributed by atoms with Crippen LogP contribution in [0.5, 0.6) is 0 Å². The van der Waals surface area contributed by atoms with E-state index in [0.29, 0.717) is 5.92 Å². The Morgan fingerprint density at radius 3 is 1.46 bits per heavy atom. The minimum absolute atomic E-state index is 0.244. The highest BCUT2D eigenvalue weighted by Crippen LogP contribution is 2.64. The quantitative estimate of drug-likeness (QED) is 0.344. The molecule has 2 heteroatoms. The lowest BCUT2D eigenvalue weighted by atomic mass is 9.60. The van der Waals surface area contributed by atoms with Gasteiger partial charge in [0.15, 0.2) is 0 Å². The van der Waals surface area contributed by atoms with Crippen LogP contribution >= 0.6 is 23.4 Å². The first-order chi connectivity index (χ1) is 13.8. The second-order valence-corrected chi connectivity index (χ2v) is 9.16. The third kappa shape index (κ3) is 2.09. The van der Waals surface area contributed by atoms with Crippen LogP contribution in [0.25, 0.3) is 0 Å². The summed E-state index contributed by atoms with van der Waals surface area (Å²) in [6.45, 7) is 0. The van der Waals surface area contributed by atoms with Crippen LogP contribution in [-0.2, 0) is 4.75 Å². The van der Waals surface area contributed by atoms with Gasteiger partial charge >= 0.3 is 0 Å². The van der Waals surface area contributed by atoms with Crippen molar-refractivity contribution in [2.45, 2.75) is 15.6 Å². The van der Waals surface area contributed by atoms with E-state index in [4.69, 9.17) is 11.6 Å². The van der Waals surface area contributed by atoms with Crippen LogP contribution in [0.2, 0.25) is 5.02 Å². The van der Waals surface area contributed by atoms with E-state index < -0.39 is 0 Å². The molecule has 3 aliphatic carbocycles. The molecule has 0 saturated heterocycles. The summed E-state index contributed by atoms with van der Waals surface area (Å²) in [6, 6.07) is 35.2. The SMILES string of the molecule is Clc1ccc(SC23c4ccccc4C(c4ccccc42)c2ccccc23)cc1. The Hall–Kier alpha value is -2.48. The summed E-state index contributed by atoms with van der Waals surface area (Å²) in [5, 5.41) is 0.774. The van der Waals surface area contributed by atoms with Crippen molar-refractivity contribution >= 4 is 23.4 Å². The smallest absolute Gasteiger partial charge is 0.0963 e. The predicted molar refractivity (Wildman–Crippen MR) is 117 cm³/mol. The van der Waals surface area contributed by atoms with Crippen LogP contribution in [0.15, 0.2) is 102 Å². The Bertz CT molecular complexity index is 1090. The van der Waals surface area contributed by atoms with E-state index in [2.05, 4.69) is 84.9 Å². The van der Waals surface area contributed by atoms with Gasteiger partial charge in [-0.1, -0.05) is 84.4 Å². The van der Waals surface area contributed by atoms with Crippen LogP contribution in [0.4, 0.5) is 0 Å². The summed E-state index contributed by atoms with van der Waals surface area (Å²) < 4.78 is -0.244. The van der Waals surface area contributed by atoms with Gasteiger partial charge in [-0.25, -0.2) is 0 Å². The molecule has 0 unspecified atom stereocenters. The topological polar surface area (TPSA) is 0 Å². The summed E-state index contributed by atoms with van der Waals surface area (Å²) in [5.74, 6) is 0.316. The molecule has 28 heavy (non-hydrogen) atoms. The maximum atomic E-state index is 6.16. The van der Waals surface area contributed by atoms with Gasteiger partial charge < -0.3 is 0 Å². The van der Waals surface area contributed by atoms with Crippen molar-refractivity contribution in [3.63, 3.8) is 0 Å². The largest absolute Gasteiger partial charge is 0.105 e. The molecule has 0 atom stereocenters. The molecule has 3 aliphatic rings. The van der Waals surface area contributed by atoms with Crippen LogP contribution in [0.3, 0.4) is 0 Å². The molecule has 0 saturated carbocycles. The number of hydrogen-bond donors (Lipinski definition) is 0. The Labute approximate surface area is 174 Å². The molecule has 0 radical (unpaired) electrons. The van der Waals surface area contributed by atoms with Crippen LogP contribution in [0, 0.1) is 0 Å². The lowest BCUT2D eigenvalue weighted by Crippen LogP contribution is -2.39. The first-order valence-electron chi connectivity index (χ1n) is 9.52. The molecular weight excluding hydrogens is 380 g/mol.